The lowest BCUT2D eigenvalue weighted by Gasteiger charge is -2.38. The van der Waals surface area contributed by atoms with Crippen molar-refractivity contribution < 1.29 is 36.9 Å². The SMILES string of the molecule is CCOP(=O)(OCC)OCN1C(=O)C(F)CN(C2CCCO2)C1=O. The Morgan fingerprint density at radius 1 is 1.25 bits per heavy atom. The van der Waals surface area contributed by atoms with E-state index < -0.39 is 38.9 Å². The number of amides is 3. The van der Waals surface area contributed by atoms with Crippen molar-refractivity contribution in [3.63, 3.8) is 0 Å². The van der Waals surface area contributed by atoms with E-state index in [0.717, 1.165) is 11.3 Å². The molecule has 2 heterocycles. The van der Waals surface area contributed by atoms with Gasteiger partial charge in [-0.05, 0) is 26.7 Å². The summed E-state index contributed by atoms with van der Waals surface area (Å²) < 4.78 is 46.4. The molecule has 0 aromatic rings. The van der Waals surface area contributed by atoms with E-state index in [1.807, 2.05) is 0 Å². The van der Waals surface area contributed by atoms with Crippen LogP contribution in [0.15, 0.2) is 0 Å². The van der Waals surface area contributed by atoms with Crippen LogP contribution in [0.3, 0.4) is 0 Å². The van der Waals surface area contributed by atoms with E-state index in [1.54, 1.807) is 13.8 Å². The summed E-state index contributed by atoms with van der Waals surface area (Å²) in [4.78, 5) is 26.1. The smallest absolute Gasteiger partial charge is 0.358 e. The summed E-state index contributed by atoms with van der Waals surface area (Å²) in [6, 6.07) is -0.750. The van der Waals surface area contributed by atoms with Crippen LogP contribution in [0.5, 0.6) is 0 Å². The molecule has 24 heavy (non-hydrogen) atoms. The van der Waals surface area contributed by atoms with Crippen LogP contribution in [0.4, 0.5) is 9.18 Å². The third-order valence-electron chi connectivity index (χ3n) is 3.54. The van der Waals surface area contributed by atoms with Gasteiger partial charge in [-0.3, -0.25) is 23.3 Å². The molecule has 9 nitrogen and oxygen atoms in total. The van der Waals surface area contributed by atoms with Crippen molar-refractivity contribution in [2.75, 3.05) is 33.1 Å². The molecular formula is C13H22FN2O7P. The van der Waals surface area contributed by atoms with Crippen LogP contribution in [0.1, 0.15) is 26.7 Å². The van der Waals surface area contributed by atoms with E-state index in [9.17, 15) is 18.5 Å². The number of urea groups is 1. The molecule has 2 atom stereocenters. The average molecular weight is 368 g/mol. The predicted octanol–water partition coefficient (Wildman–Crippen LogP) is 1.88. The second-order valence-electron chi connectivity index (χ2n) is 5.18. The number of nitrogens with zero attached hydrogens (tertiary/aromatic N) is 2. The maximum absolute atomic E-state index is 14.0. The Kier molecular flexibility index (Phi) is 6.70. The van der Waals surface area contributed by atoms with Gasteiger partial charge in [0.15, 0.2) is 6.17 Å². The molecule has 0 spiro atoms. The quantitative estimate of drug-likeness (QED) is 0.604. The fourth-order valence-corrected chi connectivity index (χ4v) is 3.58. The Labute approximate surface area is 139 Å². The van der Waals surface area contributed by atoms with Crippen molar-refractivity contribution in [2.24, 2.45) is 0 Å². The molecule has 11 heteroatoms. The number of phosphoric acid groups is 1. The van der Waals surface area contributed by atoms with E-state index >= 15 is 0 Å². The molecule has 2 fully saturated rings. The van der Waals surface area contributed by atoms with Crippen molar-refractivity contribution >= 4 is 19.8 Å². The standard InChI is InChI=1S/C13H22FN2O7P/c1-3-21-24(19,22-4-2)23-9-16-12(17)10(14)8-15(13(16)18)11-6-5-7-20-11/h10-11H,3-9H2,1-2H3. The highest BCUT2D eigenvalue weighted by atomic mass is 31.2. The first-order valence-electron chi connectivity index (χ1n) is 7.83. The third-order valence-corrected chi connectivity index (χ3v) is 5.12. The zero-order valence-electron chi connectivity index (χ0n) is 13.7. The summed E-state index contributed by atoms with van der Waals surface area (Å²) in [7, 11) is -3.92. The Morgan fingerprint density at radius 2 is 1.92 bits per heavy atom. The number of hydrogen-bond donors (Lipinski definition) is 0. The van der Waals surface area contributed by atoms with E-state index in [1.165, 1.54) is 0 Å². The Morgan fingerprint density at radius 3 is 2.46 bits per heavy atom. The molecule has 138 valence electrons. The molecule has 2 saturated heterocycles. The molecule has 0 bridgehead atoms. The lowest BCUT2D eigenvalue weighted by atomic mass is 10.2. The maximum Gasteiger partial charge on any atom is 0.476 e. The number of phosphoric ester groups is 1. The van der Waals surface area contributed by atoms with Crippen molar-refractivity contribution in [1.29, 1.82) is 0 Å². The minimum absolute atomic E-state index is 0.0486. The van der Waals surface area contributed by atoms with Crippen molar-refractivity contribution in [1.82, 2.24) is 9.80 Å². The number of rotatable bonds is 8. The number of alkyl halides is 1. The van der Waals surface area contributed by atoms with Gasteiger partial charge in [-0.25, -0.2) is 18.6 Å². The van der Waals surface area contributed by atoms with Crippen LogP contribution >= 0.6 is 7.82 Å². The van der Waals surface area contributed by atoms with Crippen LogP contribution in [0, 0.1) is 0 Å². The molecule has 0 saturated carbocycles. The van der Waals surface area contributed by atoms with Gasteiger partial charge < -0.3 is 4.74 Å². The van der Waals surface area contributed by atoms with Gasteiger partial charge in [-0.15, -0.1) is 0 Å². The van der Waals surface area contributed by atoms with Crippen LogP contribution in [-0.4, -0.2) is 67.2 Å². The van der Waals surface area contributed by atoms with Gasteiger partial charge >= 0.3 is 13.9 Å². The second kappa shape index (κ2) is 8.35. The normalized spacial score (nSPS) is 25.6. The van der Waals surface area contributed by atoms with Crippen LogP contribution in [0.25, 0.3) is 0 Å². The van der Waals surface area contributed by atoms with Gasteiger partial charge in [-0.2, -0.15) is 0 Å². The summed E-state index contributed by atoms with van der Waals surface area (Å²) >= 11 is 0. The van der Waals surface area contributed by atoms with E-state index in [0.29, 0.717) is 17.9 Å². The van der Waals surface area contributed by atoms with Gasteiger partial charge in [0.2, 0.25) is 0 Å². The molecule has 2 rings (SSSR count). The molecule has 0 N–H and O–H groups in total. The lowest BCUT2D eigenvalue weighted by molar-refractivity contribution is -0.143. The predicted molar refractivity (Wildman–Crippen MR) is 79.6 cm³/mol. The fourth-order valence-electron chi connectivity index (χ4n) is 2.47. The minimum atomic E-state index is -3.92. The van der Waals surface area contributed by atoms with Gasteiger partial charge in [0, 0.05) is 6.61 Å². The van der Waals surface area contributed by atoms with Gasteiger partial charge in [0.05, 0.1) is 19.8 Å². The Bertz CT molecular complexity index is 505. The molecule has 2 unspecified atom stereocenters. The monoisotopic (exact) mass is 368 g/mol. The van der Waals surface area contributed by atoms with Gasteiger partial charge in [-0.1, -0.05) is 0 Å². The molecule has 2 aliphatic heterocycles. The number of carbonyl (C=O) groups excluding carboxylic acids is 2. The van der Waals surface area contributed by atoms with Crippen LogP contribution < -0.4 is 0 Å². The zero-order chi connectivity index (χ0) is 17.7. The third kappa shape index (κ3) is 4.31. The largest absolute Gasteiger partial charge is 0.476 e. The molecular weight excluding hydrogens is 346 g/mol. The molecule has 0 aromatic carbocycles. The number of halogens is 1. The van der Waals surface area contributed by atoms with Crippen LogP contribution in [-0.2, 0) is 27.7 Å². The van der Waals surface area contributed by atoms with Gasteiger partial charge in [0.1, 0.15) is 13.0 Å². The Hall–Kier alpha value is -1.06. The zero-order valence-corrected chi connectivity index (χ0v) is 14.6. The minimum Gasteiger partial charge on any atom is -0.358 e. The lowest BCUT2D eigenvalue weighted by Crippen LogP contribution is -2.60. The van der Waals surface area contributed by atoms with Gasteiger partial charge in [0.25, 0.3) is 5.91 Å². The Balaban J connectivity index is 2.06. The summed E-state index contributed by atoms with van der Waals surface area (Å²) in [5.74, 6) is -1.05. The van der Waals surface area contributed by atoms with Crippen molar-refractivity contribution in [3.8, 4) is 0 Å². The number of ether oxygens (including phenoxy) is 1. The van der Waals surface area contributed by atoms with E-state index in [4.69, 9.17) is 18.3 Å². The van der Waals surface area contributed by atoms with Crippen LogP contribution in [0.2, 0.25) is 0 Å². The fraction of sp³-hybridized carbons (Fsp3) is 0.846. The molecule has 0 aromatic heterocycles. The molecule has 0 radical (unpaired) electrons. The summed E-state index contributed by atoms with van der Waals surface area (Å²) in [6.07, 6.45) is -1.15. The second-order valence-corrected chi connectivity index (χ2v) is 6.85. The number of hydrogen-bond acceptors (Lipinski definition) is 7. The maximum atomic E-state index is 14.0. The summed E-state index contributed by atoms with van der Waals surface area (Å²) in [5.41, 5.74) is 0. The first-order valence-corrected chi connectivity index (χ1v) is 9.29. The average Bonchev–Trinajstić information content (AvgIpc) is 3.05. The molecule has 2 aliphatic rings. The highest BCUT2D eigenvalue weighted by molar-refractivity contribution is 7.48. The van der Waals surface area contributed by atoms with Crippen molar-refractivity contribution in [2.45, 2.75) is 39.1 Å². The number of imide groups is 1. The molecule has 3 amide bonds. The number of carbonyl (C=O) groups is 2. The van der Waals surface area contributed by atoms with E-state index in [2.05, 4.69) is 0 Å². The highest BCUT2D eigenvalue weighted by Gasteiger charge is 2.44. The first kappa shape index (κ1) is 19.3. The first-order chi connectivity index (χ1) is 11.4. The van der Waals surface area contributed by atoms with E-state index in [-0.39, 0.29) is 19.8 Å². The topological polar surface area (TPSA) is 94.6 Å². The summed E-state index contributed by atoms with van der Waals surface area (Å²) in [5, 5.41) is 0. The molecule has 0 aliphatic carbocycles. The summed E-state index contributed by atoms with van der Waals surface area (Å²) in [6.45, 7) is 2.65. The highest BCUT2D eigenvalue weighted by Crippen LogP contribution is 2.49. The van der Waals surface area contributed by atoms with Crippen molar-refractivity contribution in [3.05, 3.63) is 0 Å².